The molecule has 0 saturated heterocycles. The van der Waals surface area contributed by atoms with Gasteiger partial charge in [-0.2, -0.15) is 0 Å². The lowest BCUT2D eigenvalue weighted by atomic mass is 9.78. The lowest BCUT2D eigenvalue weighted by Crippen LogP contribution is -2.17. The summed E-state index contributed by atoms with van der Waals surface area (Å²) in [5.41, 5.74) is 20.9. The van der Waals surface area contributed by atoms with E-state index in [1.165, 1.54) is 111 Å². The highest BCUT2D eigenvalue weighted by Gasteiger charge is 2.42. The quantitative estimate of drug-likeness (QED) is 0.170. The van der Waals surface area contributed by atoms with Gasteiger partial charge in [-0.15, -0.1) is 0 Å². The van der Waals surface area contributed by atoms with Crippen LogP contribution in [0.3, 0.4) is 0 Å². The van der Waals surface area contributed by atoms with E-state index in [-0.39, 0.29) is 10.8 Å². The summed E-state index contributed by atoms with van der Waals surface area (Å²) < 4.78 is 0. The van der Waals surface area contributed by atoms with Crippen LogP contribution in [-0.2, 0) is 10.8 Å². The van der Waals surface area contributed by atoms with Crippen molar-refractivity contribution in [2.45, 2.75) is 38.5 Å². The summed E-state index contributed by atoms with van der Waals surface area (Å²) in [4.78, 5) is 0. The van der Waals surface area contributed by atoms with Gasteiger partial charge in [-0.05, 0) is 159 Å². The molecule has 0 bridgehead atoms. The van der Waals surface area contributed by atoms with Crippen LogP contribution in [-0.4, -0.2) is 0 Å². The topological polar surface area (TPSA) is 0 Å². The third-order valence-electron chi connectivity index (χ3n) is 13.0. The van der Waals surface area contributed by atoms with Gasteiger partial charge in [0, 0.05) is 10.8 Å². The van der Waals surface area contributed by atoms with Crippen LogP contribution in [0.15, 0.2) is 182 Å². The minimum absolute atomic E-state index is 0.151. The van der Waals surface area contributed by atoms with Crippen LogP contribution in [0.5, 0.6) is 0 Å². The van der Waals surface area contributed by atoms with E-state index in [1.54, 1.807) is 0 Å². The number of hydrogen-bond donors (Lipinski definition) is 0. The summed E-state index contributed by atoms with van der Waals surface area (Å²) in [5.74, 6) is 0. The Bertz CT molecular complexity index is 2840. The monoisotopic (exact) mass is 714 g/mol. The fraction of sp³-hybridized carbons (Fsp3) is 0.107. The third kappa shape index (κ3) is 4.85. The number of hydrogen-bond acceptors (Lipinski definition) is 0. The second-order valence-electron chi connectivity index (χ2n) is 16.9. The Morgan fingerprint density at radius 3 is 0.893 bits per heavy atom. The van der Waals surface area contributed by atoms with Gasteiger partial charge in [-0.1, -0.05) is 161 Å². The SMILES string of the molecule is CC1(C)c2cc(-c3cc4ccccc4cc3-c3ccccc3)ccc2-c2cc3c(cc21)-c1ccc(-c2cc4ccccc4cc2-c2ccccc2)cc1C3(C)C. The minimum Gasteiger partial charge on any atom is -0.0622 e. The van der Waals surface area contributed by atoms with Crippen LogP contribution in [0.4, 0.5) is 0 Å². The smallest absolute Gasteiger partial charge is 0.0159 e. The first-order chi connectivity index (χ1) is 27.3. The Morgan fingerprint density at radius 2 is 0.536 bits per heavy atom. The van der Waals surface area contributed by atoms with Gasteiger partial charge in [0.25, 0.3) is 0 Å². The van der Waals surface area contributed by atoms with Crippen LogP contribution in [0.1, 0.15) is 49.9 Å². The van der Waals surface area contributed by atoms with Gasteiger partial charge < -0.3 is 0 Å². The van der Waals surface area contributed by atoms with E-state index in [1.807, 2.05) is 0 Å². The molecule has 2 aliphatic carbocycles. The molecule has 0 saturated carbocycles. The second-order valence-corrected chi connectivity index (χ2v) is 16.9. The Balaban J connectivity index is 1.03. The van der Waals surface area contributed by atoms with E-state index in [0.29, 0.717) is 0 Å². The van der Waals surface area contributed by atoms with Crippen molar-refractivity contribution in [3.63, 3.8) is 0 Å². The number of rotatable bonds is 4. The molecule has 0 aliphatic heterocycles. The summed E-state index contributed by atoms with van der Waals surface area (Å²) in [6.45, 7) is 9.67. The molecule has 0 radical (unpaired) electrons. The van der Waals surface area contributed by atoms with Crippen molar-refractivity contribution in [3.05, 3.63) is 204 Å². The van der Waals surface area contributed by atoms with Crippen molar-refractivity contribution in [3.8, 4) is 66.8 Å². The zero-order chi connectivity index (χ0) is 37.8. The summed E-state index contributed by atoms with van der Waals surface area (Å²) in [7, 11) is 0. The average molecular weight is 715 g/mol. The predicted molar refractivity (Wildman–Crippen MR) is 238 cm³/mol. The van der Waals surface area contributed by atoms with Crippen molar-refractivity contribution >= 4 is 21.5 Å². The predicted octanol–water partition coefficient (Wildman–Crippen LogP) is 15.3. The zero-order valence-electron chi connectivity index (χ0n) is 32.3. The van der Waals surface area contributed by atoms with Gasteiger partial charge in [0.15, 0.2) is 0 Å². The maximum Gasteiger partial charge on any atom is 0.0159 e. The van der Waals surface area contributed by atoms with E-state index in [0.717, 1.165) is 0 Å². The second kappa shape index (κ2) is 12.0. The van der Waals surface area contributed by atoms with Crippen molar-refractivity contribution in [2.75, 3.05) is 0 Å². The van der Waals surface area contributed by atoms with Gasteiger partial charge in [0.2, 0.25) is 0 Å². The molecule has 9 aromatic rings. The fourth-order valence-corrected chi connectivity index (χ4v) is 9.97. The van der Waals surface area contributed by atoms with E-state index in [2.05, 4.69) is 210 Å². The van der Waals surface area contributed by atoms with Crippen molar-refractivity contribution in [2.24, 2.45) is 0 Å². The first kappa shape index (κ1) is 32.9. The molecular weight excluding hydrogens is 673 g/mol. The maximum atomic E-state index is 2.54. The average Bonchev–Trinajstić information content (AvgIpc) is 3.60. The van der Waals surface area contributed by atoms with Gasteiger partial charge in [-0.25, -0.2) is 0 Å². The molecule has 0 aromatic heterocycles. The normalized spacial score (nSPS) is 14.4. The molecule has 0 fully saturated rings. The standard InChI is InChI=1S/C56H42/c1-55(2)51-31-41(47-29-39-21-13-11-19-37(39)27-45(47)35-15-7-5-8-16-35)23-25-43(51)49-34-54-50(33-53(49)55)44-26-24-42(32-52(44)56(54,3)4)48-30-40-22-14-12-20-38(40)28-46(48)36-17-9-6-10-18-36/h5-34H,1-4H3. The fourth-order valence-electron chi connectivity index (χ4n) is 9.97. The molecule has 0 nitrogen and oxygen atoms in total. The first-order valence-electron chi connectivity index (χ1n) is 19.9. The Hall–Kier alpha value is -6.50. The van der Waals surface area contributed by atoms with E-state index < -0.39 is 0 Å². The summed E-state index contributed by atoms with van der Waals surface area (Å²) >= 11 is 0. The molecule has 0 heterocycles. The number of fused-ring (bicyclic) bond motifs is 8. The molecule has 0 unspecified atom stereocenters. The number of benzene rings is 9. The molecule has 9 aromatic carbocycles. The van der Waals surface area contributed by atoms with Gasteiger partial charge in [0.05, 0.1) is 0 Å². The molecule has 2 aliphatic rings. The Kier molecular flexibility index (Phi) is 7.05. The van der Waals surface area contributed by atoms with Crippen LogP contribution >= 0.6 is 0 Å². The van der Waals surface area contributed by atoms with Crippen LogP contribution < -0.4 is 0 Å². The van der Waals surface area contributed by atoms with Crippen molar-refractivity contribution < 1.29 is 0 Å². The van der Waals surface area contributed by atoms with Crippen molar-refractivity contribution in [1.29, 1.82) is 0 Å². The van der Waals surface area contributed by atoms with Crippen molar-refractivity contribution in [1.82, 2.24) is 0 Å². The molecule has 0 spiro atoms. The molecule has 11 rings (SSSR count). The maximum absolute atomic E-state index is 2.54. The zero-order valence-corrected chi connectivity index (χ0v) is 32.3. The first-order valence-corrected chi connectivity index (χ1v) is 19.9. The van der Waals surface area contributed by atoms with E-state index in [9.17, 15) is 0 Å². The van der Waals surface area contributed by atoms with E-state index in [4.69, 9.17) is 0 Å². The summed E-state index contributed by atoms with van der Waals surface area (Å²) in [6.07, 6.45) is 0. The highest BCUT2D eigenvalue weighted by molar-refractivity contribution is 6.00. The summed E-state index contributed by atoms with van der Waals surface area (Å²) in [5, 5.41) is 5.06. The molecule has 0 atom stereocenters. The molecule has 0 N–H and O–H groups in total. The lowest BCUT2D eigenvalue weighted by Gasteiger charge is -2.24. The molecule has 0 amide bonds. The molecular formula is C56H42. The largest absolute Gasteiger partial charge is 0.0622 e. The van der Waals surface area contributed by atoms with Crippen LogP contribution in [0.25, 0.3) is 88.3 Å². The minimum atomic E-state index is -0.151. The third-order valence-corrected chi connectivity index (χ3v) is 13.0. The van der Waals surface area contributed by atoms with Gasteiger partial charge in [0.1, 0.15) is 0 Å². The Morgan fingerprint density at radius 1 is 0.232 bits per heavy atom. The highest BCUT2D eigenvalue weighted by atomic mass is 14.4. The van der Waals surface area contributed by atoms with Gasteiger partial charge in [-0.3, -0.25) is 0 Å². The lowest BCUT2D eigenvalue weighted by molar-refractivity contribution is 0.652. The molecule has 56 heavy (non-hydrogen) atoms. The molecule has 266 valence electrons. The Labute approximate surface area is 329 Å². The van der Waals surface area contributed by atoms with Gasteiger partial charge >= 0.3 is 0 Å². The summed E-state index contributed by atoms with van der Waals surface area (Å²) in [6, 6.07) is 68.2. The van der Waals surface area contributed by atoms with E-state index >= 15 is 0 Å². The molecule has 0 heteroatoms. The van der Waals surface area contributed by atoms with Crippen LogP contribution in [0.2, 0.25) is 0 Å². The van der Waals surface area contributed by atoms with Crippen LogP contribution in [0, 0.1) is 0 Å². The highest BCUT2D eigenvalue weighted by Crippen LogP contribution is 2.57.